The largest absolute Gasteiger partial charge is 0.482 e. The molecule has 0 radical (unpaired) electrons. The molecule has 1 amide bonds. The molecule has 158 valence electrons. The molecule has 0 atom stereocenters. The number of para-hydroxylation sites is 1. The maximum Gasteiger partial charge on any atom is 0.422 e. The van der Waals surface area contributed by atoms with E-state index >= 15 is 0 Å². The van der Waals surface area contributed by atoms with Crippen molar-refractivity contribution in [2.45, 2.75) is 12.4 Å². The fraction of sp³-hybridized carbons (Fsp3) is 0.158. The highest BCUT2D eigenvalue weighted by molar-refractivity contribution is 6.03. The number of nitrogens with zero attached hydrogens (tertiary/aromatic N) is 2. The van der Waals surface area contributed by atoms with Gasteiger partial charge < -0.3 is 10.1 Å². The van der Waals surface area contributed by atoms with Gasteiger partial charge in [0.05, 0.1) is 16.9 Å². The Hall–Kier alpha value is -3.50. The molecule has 0 saturated heterocycles. The normalized spacial score (nSPS) is 11.9. The fourth-order valence-corrected chi connectivity index (χ4v) is 2.45. The van der Waals surface area contributed by atoms with E-state index in [4.69, 9.17) is 0 Å². The van der Waals surface area contributed by atoms with Gasteiger partial charge in [-0.15, -0.1) is 0 Å². The van der Waals surface area contributed by atoms with Crippen LogP contribution in [0.1, 0.15) is 16.1 Å². The minimum Gasteiger partial charge on any atom is -0.482 e. The highest BCUT2D eigenvalue weighted by atomic mass is 19.4. The van der Waals surface area contributed by atoms with Crippen LogP contribution in [0.25, 0.3) is 5.69 Å². The van der Waals surface area contributed by atoms with E-state index in [9.17, 15) is 31.1 Å². The van der Waals surface area contributed by atoms with Crippen LogP contribution in [-0.4, -0.2) is 28.5 Å². The molecule has 11 heteroatoms. The van der Waals surface area contributed by atoms with Crippen LogP contribution in [0.15, 0.2) is 60.8 Å². The third-order valence-electron chi connectivity index (χ3n) is 3.79. The molecular weight excluding hydrogens is 416 g/mol. The Morgan fingerprint density at radius 1 is 1.00 bits per heavy atom. The van der Waals surface area contributed by atoms with Crippen LogP contribution in [0.2, 0.25) is 0 Å². The lowest BCUT2D eigenvalue weighted by atomic mass is 10.1. The third-order valence-corrected chi connectivity index (χ3v) is 3.79. The minimum atomic E-state index is -4.77. The molecule has 0 bridgehead atoms. The maximum atomic E-state index is 13.0. The predicted octanol–water partition coefficient (Wildman–Crippen LogP) is 5.08. The number of halogens is 6. The van der Waals surface area contributed by atoms with Crippen molar-refractivity contribution in [3.8, 4) is 11.4 Å². The summed E-state index contributed by atoms with van der Waals surface area (Å²) in [5, 5.41) is 6.16. The van der Waals surface area contributed by atoms with Gasteiger partial charge in [0.1, 0.15) is 5.75 Å². The molecule has 0 fully saturated rings. The van der Waals surface area contributed by atoms with Crippen molar-refractivity contribution in [2.24, 2.45) is 0 Å². The fourth-order valence-electron chi connectivity index (χ4n) is 2.45. The van der Waals surface area contributed by atoms with Crippen molar-refractivity contribution >= 4 is 11.6 Å². The van der Waals surface area contributed by atoms with E-state index in [2.05, 4.69) is 15.2 Å². The zero-order valence-electron chi connectivity index (χ0n) is 15.0. The number of rotatable bonds is 5. The quantitative estimate of drug-likeness (QED) is 0.576. The van der Waals surface area contributed by atoms with E-state index in [-0.39, 0.29) is 5.69 Å². The Balaban J connectivity index is 1.86. The van der Waals surface area contributed by atoms with Crippen LogP contribution >= 0.6 is 0 Å². The number of hydrogen-bond acceptors (Lipinski definition) is 3. The molecule has 0 aliphatic rings. The maximum absolute atomic E-state index is 13.0. The molecule has 5 nitrogen and oxygen atoms in total. The monoisotopic (exact) mass is 429 g/mol. The summed E-state index contributed by atoms with van der Waals surface area (Å²) < 4.78 is 82.1. The number of carbonyl (C=O) groups is 1. The van der Waals surface area contributed by atoms with Gasteiger partial charge in [-0.05, 0) is 36.4 Å². The van der Waals surface area contributed by atoms with Crippen LogP contribution in [-0.2, 0) is 6.18 Å². The second-order valence-corrected chi connectivity index (χ2v) is 6.05. The van der Waals surface area contributed by atoms with Crippen molar-refractivity contribution < 1.29 is 35.9 Å². The first-order valence-corrected chi connectivity index (χ1v) is 8.36. The summed E-state index contributed by atoms with van der Waals surface area (Å²) in [6.07, 6.45) is -8.02. The number of aromatic nitrogens is 2. The van der Waals surface area contributed by atoms with Crippen molar-refractivity contribution in [1.82, 2.24) is 9.78 Å². The molecule has 0 spiro atoms. The first kappa shape index (κ1) is 21.2. The number of ether oxygens (including phenoxy) is 1. The van der Waals surface area contributed by atoms with Crippen molar-refractivity contribution in [1.29, 1.82) is 0 Å². The van der Waals surface area contributed by atoms with Crippen molar-refractivity contribution in [3.05, 3.63) is 72.1 Å². The standard InChI is InChI=1S/C19H13F6N3O2/c20-18(21,22)11-30-16-7-6-12(19(23,24)25)10-15(16)26-17(29)14-8-9-28(27-14)13-4-2-1-3-5-13/h1-10H,11H2,(H,26,29). The lowest BCUT2D eigenvalue weighted by Gasteiger charge is -2.16. The number of nitrogens with one attached hydrogen (secondary N) is 1. The first-order chi connectivity index (χ1) is 14.0. The smallest absolute Gasteiger partial charge is 0.422 e. The summed E-state index contributed by atoms with van der Waals surface area (Å²) in [5.74, 6) is -1.47. The molecule has 0 aliphatic heterocycles. The molecule has 0 saturated carbocycles. The SMILES string of the molecule is O=C(Nc1cc(C(F)(F)F)ccc1OCC(F)(F)F)c1ccn(-c2ccccc2)n1. The average Bonchev–Trinajstić information content (AvgIpc) is 3.16. The van der Waals surface area contributed by atoms with Crippen molar-refractivity contribution in [2.75, 3.05) is 11.9 Å². The van der Waals surface area contributed by atoms with Gasteiger partial charge in [0.15, 0.2) is 12.3 Å². The summed E-state index contributed by atoms with van der Waals surface area (Å²) in [7, 11) is 0. The number of benzene rings is 2. The minimum absolute atomic E-state index is 0.155. The topological polar surface area (TPSA) is 56.1 Å². The van der Waals surface area contributed by atoms with E-state index in [1.165, 1.54) is 16.9 Å². The van der Waals surface area contributed by atoms with Gasteiger partial charge in [-0.1, -0.05) is 18.2 Å². The highest BCUT2D eigenvalue weighted by Crippen LogP contribution is 2.35. The Kier molecular flexibility index (Phi) is 5.72. The molecule has 1 aromatic heterocycles. The van der Waals surface area contributed by atoms with Gasteiger partial charge in [0.25, 0.3) is 5.91 Å². The molecular formula is C19H13F6N3O2. The summed E-state index contributed by atoms with van der Waals surface area (Å²) in [6, 6.07) is 11.8. The lowest BCUT2D eigenvalue weighted by Crippen LogP contribution is -2.21. The van der Waals surface area contributed by atoms with Crippen LogP contribution in [0.3, 0.4) is 0 Å². The van der Waals surface area contributed by atoms with Crippen LogP contribution in [0, 0.1) is 0 Å². The van der Waals surface area contributed by atoms with E-state index < -0.39 is 41.9 Å². The number of anilines is 1. The second kappa shape index (κ2) is 8.09. The lowest BCUT2D eigenvalue weighted by molar-refractivity contribution is -0.153. The second-order valence-electron chi connectivity index (χ2n) is 6.05. The van der Waals surface area contributed by atoms with Crippen LogP contribution < -0.4 is 10.1 Å². The number of amides is 1. The van der Waals surface area contributed by atoms with Gasteiger partial charge in [0, 0.05) is 6.20 Å². The average molecular weight is 429 g/mol. The molecule has 3 rings (SSSR count). The molecule has 2 aromatic carbocycles. The van der Waals surface area contributed by atoms with E-state index in [0.717, 1.165) is 0 Å². The molecule has 1 N–H and O–H groups in total. The van der Waals surface area contributed by atoms with Crippen molar-refractivity contribution in [3.63, 3.8) is 0 Å². The van der Waals surface area contributed by atoms with E-state index in [1.807, 2.05) is 0 Å². The summed E-state index contributed by atoms with van der Waals surface area (Å²) >= 11 is 0. The molecule has 30 heavy (non-hydrogen) atoms. The first-order valence-electron chi connectivity index (χ1n) is 8.36. The zero-order valence-corrected chi connectivity index (χ0v) is 15.0. The molecule has 1 heterocycles. The number of alkyl halides is 6. The van der Waals surface area contributed by atoms with Gasteiger partial charge in [0.2, 0.25) is 0 Å². The Bertz CT molecular complexity index is 1030. The number of hydrogen-bond donors (Lipinski definition) is 1. The molecule has 0 aliphatic carbocycles. The molecule has 3 aromatic rings. The predicted molar refractivity (Wildman–Crippen MR) is 94.5 cm³/mol. The third kappa shape index (κ3) is 5.31. The van der Waals surface area contributed by atoms with Gasteiger partial charge in [-0.2, -0.15) is 31.4 Å². The van der Waals surface area contributed by atoms with E-state index in [1.54, 1.807) is 30.3 Å². The van der Waals surface area contributed by atoms with Crippen LogP contribution in [0.5, 0.6) is 5.75 Å². The zero-order chi connectivity index (χ0) is 21.9. The van der Waals surface area contributed by atoms with Gasteiger partial charge >= 0.3 is 12.4 Å². The summed E-state index contributed by atoms with van der Waals surface area (Å²) in [5.41, 5.74) is -1.25. The summed E-state index contributed by atoms with van der Waals surface area (Å²) in [6.45, 7) is -1.73. The van der Waals surface area contributed by atoms with E-state index in [0.29, 0.717) is 23.9 Å². The number of carbonyl (C=O) groups excluding carboxylic acids is 1. The van der Waals surface area contributed by atoms with Gasteiger partial charge in [-0.25, -0.2) is 4.68 Å². The highest BCUT2D eigenvalue weighted by Gasteiger charge is 2.33. The Morgan fingerprint density at radius 2 is 1.70 bits per heavy atom. The van der Waals surface area contributed by atoms with Crippen LogP contribution in [0.4, 0.5) is 32.0 Å². The summed E-state index contributed by atoms with van der Waals surface area (Å²) in [4.78, 5) is 12.4. The molecule has 0 unspecified atom stereocenters. The Labute approximate surface area is 165 Å². The van der Waals surface area contributed by atoms with Gasteiger partial charge in [-0.3, -0.25) is 4.79 Å². The Morgan fingerprint density at radius 3 is 2.33 bits per heavy atom.